The lowest BCUT2D eigenvalue weighted by Gasteiger charge is -2.35. The standard InChI is InChI=1S/C19H22N2O3S/c1-24-16-5-2-4-15(14-16)19(23)21-11-9-20(10-12-21)18(22)8-7-17-6-3-13-25-17/h2-6,13-14H,7-12H2,1H3. The van der Waals surface area contributed by atoms with Crippen LogP contribution in [0.25, 0.3) is 0 Å². The Balaban J connectivity index is 1.50. The summed E-state index contributed by atoms with van der Waals surface area (Å²) in [5.41, 5.74) is 0.622. The van der Waals surface area contributed by atoms with Crippen molar-refractivity contribution >= 4 is 23.2 Å². The van der Waals surface area contributed by atoms with E-state index < -0.39 is 0 Å². The van der Waals surface area contributed by atoms with Crippen molar-refractivity contribution in [3.63, 3.8) is 0 Å². The molecule has 2 aromatic rings. The summed E-state index contributed by atoms with van der Waals surface area (Å²) >= 11 is 1.68. The average Bonchev–Trinajstić information content (AvgIpc) is 3.19. The van der Waals surface area contributed by atoms with Gasteiger partial charge in [0.05, 0.1) is 7.11 Å². The van der Waals surface area contributed by atoms with Gasteiger partial charge in [0.2, 0.25) is 5.91 Å². The van der Waals surface area contributed by atoms with Crippen molar-refractivity contribution in [1.82, 2.24) is 9.80 Å². The predicted molar refractivity (Wildman–Crippen MR) is 98.1 cm³/mol. The van der Waals surface area contributed by atoms with E-state index in [2.05, 4.69) is 6.07 Å². The highest BCUT2D eigenvalue weighted by molar-refractivity contribution is 7.09. The Morgan fingerprint density at radius 1 is 1.08 bits per heavy atom. The minimum atomic E-state index is -0.00964. The molecule has 0 unspecified atom stereocenters. The smallest absolute Gasteiger partial charge is 0.254 e. The summed E-state index contributed by atoms with van der Waals surface area (Å²) in [6, 6.07) is 11.2. The summed E-state index contributed by atoms with van der Waals surface area (Å²) in [7, 11) is 1.59. The molecule has 1 aliphatic rings. The van der Waals surface area contributed by atoms with Gasteiger partial charge in [0.15, 0.2) is 0 Å². The number of ether oxygens (including phenoxy) is 1. The average molecular weight is 358 g/mol. The second kappa shape index (κ2) is 8.16. The number of amides is 2. The lowest BCUT2D eigenvalue weighted by molar-refractivity contribution is -0.132. The minimum absolute atomic E-state index is 0.00964. The van der Waals surface area contributed by atoms with Crippen LogP contribution in [0.15, 0.2) is 41.8 Å². The summed E-state index contributed by atoms with van der Waals surface area (Å²) in [5.74, 6) is 0.833. The van der Waals surface area contributed by atoms with Crippen molar-refractivity contribution < 1.29 is 14.3 Å². The molecule has 2 heterocycles. The Hall–Kier alpha value is -2.34. The minimum Gasteiger partial charge on any atom is -0.497 e. The number of hydrogen-bond donors (Lipinski definition) is 0. The number of carbonyl (C=O) groups is 2. The number of methoxy groups -OCH3 is 1. The van der Waals surface area contributed by atoms with E-state index in [9.17, 15) is 9.59 Å². The molecule has 0 atom stereocenters. The van der Waals surface area contributed by atoms with Crippen molar-refractivity contribution in [2.24, 2.45) is 0 Å². The molecular weight excluding hydrogens is 336 g/mol. The lowest BCUT2D eigenvalue weighted by atomic mass is 10.1. The molecule has 25 heavy (non-hydrogen) atoms. The maximum absolute atomic E-state index is 12.6. The first-order valence-electron chi connectivity index (χ1n) is 8.41. The zero-order valence-electron chi connectivity index (χ0n) is 14.3. The van der Waals surface area contributed by atoms with E-state index in [4.69, 9.17) is 4.74 Å². The number of carbonyl (C=O) groups excluding carboxylic acids is 2. The molecule has 0 spiro atoms. The number of aryl methyl sites for hydroxylation is 1. The fraction of sp³-hybridized carbons (Fsp3) is 0.368. The van der Waals surface area contributed by atoms with E-state index in [0.717, 1.165) is 6.42 Å². The number of rotatable bonds is 5. The van der Waals surface area contributed by atoms with Crippen LogP contribution in [0.3, 0.4) is 0 Å². The van der Waals surface area contributed by atoms with Gasteiger partial charge in [-0.2, -0.15) is 0 Å². The van der Waals surface area contributed by atoms with Crippen LogP contribution in [0, 0.1) is 0 Å². The topological polar surface area (TPSA) is 49.9 Å². The zero-order valence-corrected chi connectivity index (χ0v) is 15.1. The maximum atomic E-state index is 12.6. The number of thiophene rings is 1. The predicted octanol–water partition coefficient (Wildman–Crippen LogP) is 2.67. The number of nitrogens with zero attached hydrogens (tertiary/aromatic N) is 2. The van der Waals surface area contributed by atoms with Crippen molar-refractivity contribution in [3.05, 3.63) is 52.2 Å². The van der Waals surface area contributed by atoms with Gasteiger partial charge in [-0.25, -0.2) is 0 Å². The van der Waals surface area contributed by atoms with Crippen LogP contribution in [0.1, 0.15) is 21.7 Å². The van der Waals surface area contributed by atoms with Gasteiger partial charge < -0.3 is 14.5 Å². The molecule has 5 nitrogen and oxygen atoms in total. The van der Waals surface area contributed by atoms with Gasteiger partial charge in [-0.3, -0.25) is 9.59 Å². The van der Waals surface area contributed by atoms with E-state index in [1.54, 1.807) is 35.5 Å². The van der Waals surface area contributed by atoms with E-state index in [0.29, 0.717) is 43.9 Å². The molecule has 1 aliphatic heterocycles. The number of piperazine rings is 1. The zero-order chi connectivity index (χ0) is 17.6. The maximum Gasteiger partial charge on any atom is 0.254 e. The second-order valence-corrected chi connectivity index (χ2v) is 7.02. The number of hydrogen-bond acceptors (Lipinski definition) is 4. The van der Waals surface area contributed by atoms with Gasteiger partial charge in [0, 0.05) is 43.0 Å². The molecule has 2 amide bonds. The van der Waals surface area contributed by atoms with Gasteiger partial charge >= 0.3 is 0 Å². The van der Waals surface area contributed by atoms with Crippen LogP contribution < -0.4 is 4.74 Å². The lowest BCUT2D eigenvalue weighted by Crippen LogP contribution is -2.50. The Kier molecular flexibility index (Phi) is 5.71. The summed E-state index contributed by atoms with van der Waals surface area (Å²) < 4.78 is 5.18. The molecule has 3 rings (SSSR count). The van der Waals surface area contributed by atoms with Crippen molar-refractivity contribution in [2.45, 2.75) is 12.8 Å². The molecular formula is C19H22N2O3S. The van der Waals surface area contributed by atoms with Crippen molar-refractivity contribution in [3.8, 4) is 5.75 Å². The van der Waals surface area contributed by atoms with Crippen LogP contribution in [-0.2, 0) is 11.2 Å². The first-order chi connectivity index (χ1) is 12.2. The van der Waals surface area contributed by atoms with Crippen molar-refractivity contribution in [2.75, 3.05) is 33.3 Å². The van der Waals surface area contributed by atoms with Gasteiger partial charge in [-0.1, -0.05) is 12.1 Å². The molecule has 1 aromatic heterocycles. The molecule has 6 heteroatoms. The van der Waals surface area contributed by atoms with Crippen LogP contribution in [-0.4, -0.2) is 54.9 Å². The van der Waals surface area contributed by atoms with Crippen LogP contribution >= 0.6 is 11.3 Å². The Morgan fingerprint density at radius 2 is 1.84 bits per heavy atom. The van der Waals surface area contributed by atoms with E-state index in [-0.39, 0.29) is 11.8 Å². The third kappa shape index (κ3) is 4.39. The molecule has 132 valence electrons. The van der Waals surface area contributed by atoms with Gasteiger partial charge in [0.1, 0.15) is 5.75 Å². The largest absolute Gasteiger partial charge is 0.497 e. The van der Waals surface area contributed by atoms with Crippen LogP contribution in [0.4, 0.5) is 0 Å². The monoisotopic (exact) mass is 358 g/mol. The SMILES string of the molecule is COc1cccc(C(=O)N2CCN(C(=O)CCc3cccs3)CC2)c1. The second-order valence-electron chi connectivity index (χ2n) is 5.98. The fourth-order valence-corrected chi connectivity index (χ4v) is 3.65. The molecule has 1 fully saturated rings. The van der Waals surface area contributed by atoms with Crippen LogP contribution in [0.5, 0.6) is 5.75 Å². The van der Waals surface area contributed by atoms with E-state index in [1.165, 1.54) is 4.88 Å². The molecule has 0 aliphatic carbocycles. The summed E-state index contributed by atoms with van der Waals surface area (Å²) in [6.07, 6.45) is 1.32. The first-order valence-corrected chi connectivity index (χ1v) is 9.29. The third-order valence-electron chi connectivity index (χ3n) is 4.40. The summed E-state index contributed by atoms with van der Waals surface area (Å²) in [4.78, 5) is 29.8. The van der Waals surface area contributed by atoms with Crippen molar-refractivity contribution in [1.29, 1.82) is 0 Å². The number of benzene rings is 1. The van der Waals surface area contributed by atoms with Gasteiger partial charge in [0.25, 0.3) is 5.91 Å². The highest BCUT2D eigenvalue weighted by Crippen LogP contribution is 2.16. The highest BCUT2D eigenvalue weighted by atomic mass is 32.1. The summed E-state index contributed by atoms with van der Waals surface area (Å²) in [6.45, 7) is 2.33. The Bertz CT molecular complexity index is 722. The molecule has 0 N–H and O–H groups in total. The van der Waals surface area contributed by atoms with Gasteiger partial charge in [-0.05, 0) is 36.1 Å². The Morgan fingerprint density at radius 3 is 2.52 bits per heavy atom. The van der Waals surface area contributed by atoms with E-state index in [1.807, 2.05) is 28.5 Å². The van der Waals surface area contributed by atoms with Gasteiger partial charge in [-0.15, -0.1) is 11.3 Å². The first kappa shape index (κ1) is 17.5. The third-order valence-corrected chi connectivity index (χ3v) is 5.34. The van der Waals surface area contributed by atoms with E-state index >= 15 is 0 Å². The Labute approximate surface area is 151 Å². The summed E-state index contributed by atoms with van der Waals surface area (Å²) in [5, 5.41) is 2.03. The molecule has 0 bridgehead atoms. The molecule has 1 aromatic carbocycles. The normalized spacial score (nSPS) is 14.4. The van der Waals surface area contributed by atoms with Crippen LogP contribution in [0.2, 0.25) is 0 Å². The molecule has 1 saturated heterocycles. The molecule has 0 saturated carbocycles. The molecule has 0 radical (unpaired) electrons. The highest BCUT2D eigenvalue weighted by Gasteiger charge is 2.24. The fourth-order valence-electron chi connectivity index (χ4n) is 2.94. The quantitative estimate of drug-likeness (QED) is 0.826.